The molecular weight excluding hydrogens is 362 g/mol. The van der Waals surface area contributed by atoms with E-state index in [-0.39, 0.29) is 0 Å². The molecule has 7 nitrogen and oxygen atoms in total. The van der Waals surface area contributed by atoms with Gasteiger partial charge in [-0.05, 0) is 43.9 Å². The summed E-state index contributed by atoms with van der Waals surface area (Å²) in [7, 11) is 1.61. The number of pyridine rings is 2. The van der Waals surface area contributed by atoms with Gasteiger partial charge < -0.3 is 14.8 Å². The molecule has 4 rings (SSSR count). The molecule has 0 aromatic carbocycles. The highest BCUT2D eigenvalue weighted by Gasteiger charge is 2.16. The minimum atomic E-state index is 0.302. The SMILES string of the molecule is COc1ccc(Nc2nc(-c3cc(OC4CCCCC4)ccn3)ns2)nc1. The number of aromatic nitrogens is 4. The quantitative estimate of drug-likeness (QED) is 0.673. The van der Waals surface area contributed by atoms with Crippen molar-refractivity contribution in [3.8, 4) is 23.0 Å². The van der Waals surface area contributed by atoms with E-state index in [2.05, 4.69) is 24.6 Å². The normalized spacial score (nSPS) is 14.7. The van der Waals surface area contributed by atoms with Gasteiger partial charge in [-0.2, -0.15) is 9.36 Å². The molecule has 0 saturated heterocycles. The predicted octanol–water partition coefficient (Wildman–Crippen LogP) is 4.46. The van der Waals surface area contributed by atoms with Gasteiger partial charge in [0.1, 0.15) is 23.0 Å². The van der Waals surface area contributed by atoms with Crippen molar-refractivity contribution >= 4 is 22.5 Å². The van der Waals surface area contributed by atoms with Crippen molar-refractivity contribution in [1.29, 1.82) is 0 Å². The third kappa shape index (κ3) is 4.51. The molecule has 1 saturated carbocycles. The number of rotatable bonds is 6. The monoisotopic (exact) mass is 383 g/mol. The van der Waals surface area contributed by atoms with Crippen molar-refractivity contribution in [3.05, 3.63) is 36.7 Å². The Labute approximate surface area is 162 Å². The average molecular weight is 383 g/mol. The molecule has 3 heterocycles. The highest BCUT2D eigenvalue weighted by Crippen LogP contribution is 2.27. The molecular formula is C19H21N5O2S. The second kappa shape index (κ2) is 8.30. The summed E-state index contributed by atoms with van der Waals surface area (Å²) < 4.78 is 15.6. The number of hydrogen-bond donors (Lipinski definition) is 1. The van der Waals surface area contributed by atoms with Gasteiger partial charge in [0.05, 0.1) is 19.4 Å². The van der Waals surface area contributed by atoms with Gasteiger partial charge in [-0.3, -0.25) is 4.98 Å². The first kappa shape index (κ1) is 17.7. The molecule has 3 aromatic heterocycles. The summed E-state index contributed by atoms with van der Waals surface area (Å²) in [5.41, 5.74) is 0.704. The molecule has 3 aromatic rings. The summed E-state index contributed by atoms with van der Waals surface area (Å²) in [5, 5.41) is 3.80. The summed E-state index contributed by atoms with van der Waals surface area (Å²) in [6.45, 7) is 0. The summed E-state index contributed by atoms with van der Waals surface area (Å²) in [4.78, 5) is 13.2. The molecule has 27 heavy (non-hydrogen) atoms. The number of nitrogens with one attached hydrogen (secondary N) is 1. The van der Waals surface area contributed by atoms with Gasteiger partial charge >= 0.3 is 0 Å². The van der Waals surface area contributed by atoms with Crippen molar-refractivity contribution in [3.63, 3.8) is 0 Å². The Bertz CT molecular complexity index is 878. The van der Waals surface area contributed by atoms with Crippen LogP contribution in [0.2, 0.25) is 0 Å². The van der Waals surface area contributed by atoms with Gasteiger partial charge in [-0.25, -0.2) is 4.98 Å². The number of hydrogen-bond acceptors (Lipinski definition) is 8. The molecule has 0 spiro atoms. The summed E-state index contributed by atoms with van der Waals surface area (Å²) in [6, 6.07) is 7.47. The van der Waals surface area contributed by atoms with Crippen molar-refractivity contribution in [2.75, 3.05) is 12.4 Å². The van der Waals surface area contributed by atoms with Crippen LogP contribution < -0.4 is 14.8 Å². The molecule has 0 aliphatic heterocycles. The Kier molecular flexibility index (Phi) is 5.43. The van der Waals surface area contributed by atoms with Crippen LogP contribution in [0.3, 0.4) is 0 Å². The number of nitrogens with zero attached hydrogens (tertiary/aromatic N) is 4. The molecule has 1 aliphatic rings. The third-order valence-electron chi connectivity index (χ3n) is 4.45. The van der Waals surface area contributed by atoms with E-state index < -0.39 is 0 Å². The molecule has 1 fully saturated rings. The van der Waals surface area contributed by atoms with Gasteiger partial charge in [0.2, 0.25) is 5.13 Å². The van der Waals surface area contributed by atoms with Crippen LogP contribution in [-0.4, -0.2) is 32.5 Å². The summed E-state index contributed by atoms with van der Waals surface area (Å²) in [6.07, 6.45) is 9.73. The van der Waals surface area contributed by atoms with Crippen LogP contribution in [0.15, 0.2) is 36.7 Å². The Balaban J connectivity index is 1.44. The summed E-state index contributed by atoms with van der Waals surface area (Å²) >= 11 is 1.27. The Morgan fingerprint density at radius 3 is 2.74 bits per heavy atom. The van der Waals surface area contributed by atoms with E-state index in [0.29, 0.717) is 34.3 Å². The van der Waals surface area contributed by atoms with E-state index in [4.69, 9.17) is 9.47 Å². The fourth-order valence-corrected chi connectivity index (χ4v) is 3.63. The van der Waals surface area contributed by atoms with Crippen LogP contribution in [0.4, 0.5) is 10.9 Å². The van der Waals surface area contributed by atoms with Crippen LogP contribution >= 0.6 is 11.5 Å². The lowest BCUT2D eigenvalue weighted by Crippen LogP contribution is -2.19. The molecule has 0 bridgehead atoms. The zero-order valence-corrected chi connectivity index (χ0v) is 15.9. The Hall–Kier alpha value is -2.74. The molecule has 0 unspecified atom stereocenters. The Morgan fingerprint density at radius 1 is 1.07 bits per heavy atom. The number of ether oxygens (including phenoxy) is 2. The number of methoxy groups -OCH3 is 1. The van der Waals surface area contributed by atoms with Gasteiger partial charge in [-0.1, -0.05) is 6.42 Å². The van der Waals surface area contributed by atoms with E-state index in [1.807, 2.05) is 24.3 Å². The van der Waals surface area contributed by atoms with Gasteiger partial charge in [0.25, 0.3) is 0 Å². The van der Waals surface area contributed by atoms with E-state index in [1.165, 1.54) is 30.8 Å². The first-order chi connectivity index (χ1) is 13.3. The molecule has 1 N–H and O–H groups in total. The maximum atomic E-state index is 6.11. The standard InChI is InChI=1S/C19H21N5O2S/c1-25-15-7-8-17(21-12-15)22-19-23-18(24-27-19)16-11-14(9-10-20-16)26-13-5-3-2-4-6-13/h7-13H,2-6H2,1H3,(H,21,22,23,24). The first-order valence-electron chi connectivity index (χ1n) is 9.04. The van der Waals surface area contributed by atoms with Crippen LogP contribution in [0.5, 0.6) is 11.5 Å². The fraction of sp³-hybridized carbons (Fsp3) is 0.368. The maximum absolute atomic E-state index is 6.11. The van der Waals surface area contributed by atoms with Gasteiger partial charge in [-0.15, -0.1) is 0 Å². The van der Waals surface area contributed by atoms with Crippen LogP contribution in [0, 0.1) is 0 Å². The molecule has 0 amide bonds. The second-order valence-electron chi connectivity index (χ2n) is 6.39. The highest BCUT2D eigenvalue weighted by molar-refractivity contribution is 7.09. The summed E-state index contributed by atoms with van der Waals surface area (Å²) in [5.74, 6) is 2.79. The van der Waals surface area contributed by atoms with Gasteiger partial charge in [0, 0.05) is 23.8 Å². The van der Waals surface area contributed by atoms with Crippen LogP contribution in [-0.2, 0) is 0 Å². The highest BCUT2D eigenvalue weighted by atomic mass is 32.1. The minimum absolute atomic E-state index is 0.302. The molecule has 1 aliphatic carbocycles. The van der Waals surface area contributed by atoms with Crippen LogP contribution in [0.25, 0.3) is 11.5 Å². The molecule has 0 atom stereocenters. The van der Waals surface area contributed by atoms with Crippen LogP contribution in [0.1, 0.15) is 32.1 Å². The molecule has 140 valence electrons. The van der Waals surface area contributed by atoms with Gasteiger partial charge in [0.15, 0.2) is 5.82 Å². The largest absolute Gasteiger partial charge is 0.495 e. The average Bonchev–Trinajstić information content (AvgIpc) is 3.18. The lowest BCUT2D eigenvalue weighted by molar-refractivity contribution is 0.155. The van der Waals surface area contributed by atoms with E-state index >= 15 is 0 Å². The lowest BCUT2D eigenvalue weighted by Gasteiger charge is -2.22. The molecule has 0 radical (unpaired) electrons. The number of anilines is 2. The zero-order chi connectivity index (χ0) is 18.5. The fourth-order valence-electron chi connectivity index (χ4n) is 3.05. The first-order valence-corrected chi connectivity index (χ1v) is 9.81. The molecule has 8 heteroatoms. The second-order valence-corrected chi connectivity index (χ2v) is 7.14. The Morgan fingerprint density at radius 2 is 1.96 bits per heavy atom. The van der Waals surface area contributed by atoms with E-state index in [1.54, 1.807) is 19.5 Å². The van der Waals surface area contributed by atoms with Crippen molar-refractivity contribution < 1.29 is 9.47 Å². The topological polar surface area (TPSA) is 82.0 Å². The minimum Gasteiger partial charge on any atom is -0.495 e. The van der Waals surface area contributed by atoms with E-state index in [0.717, 1.165) is 18.6 Å². The third-order valence-corrected chi connectivity index (χ3v) is 5.08. The maximum Gasteiger partial charge on any atom is 0.208 e. The predicted molar refractivity (Wildman–Crippen MR) is 105 cm³/mol. The van der Waals surface area contributed by atoms with Crippen molar-refractivity contribution in [2.45, 2.75) is 38.2 Å². The van der Waals surface area contributed by atoms with E-state index in [9.17, 15) is 0 Å². The van der Waals surface area contributed by atoms with Crippen molar-refractivity contribution in [2.24, 2.45) is 0 Å². The zero-order valence-electron chi connectivity index (χ0n) is 15.1. The van der Waals surface area contributed by atoms with Crippen molar-refractivity contribution in [1.82, 2.24) is 19.3 Å². The lowest BCUT2D eigenvalue weighted by atomic mass is 9.98. The smallest absolute Gasteiger partial charge is 0.208 e.